The van der Waals surface area contributed by atoms with E-state index in [0.29, 0.717) is 11.3 Å². The molecule has 0 saturated carbocycles. The van der Waals surface area contributed by atoms with Crippen molar-refractivity contribution in [2.75, 3.05) is 6.61 Å². The largest absolute Gasteiger partial charge is 0.482 e. The van der Waals surface area contributed by atoms with Gasteiger partial charge in [0, 0.05) is 5.56 Å². The molecule has 0 aliphatic rings. The zero-order valence-corrected chi connectivity index (χ0v) is 13.3. The molecule has 0 heterocycles. The Bertz CT molecular complexity index is 711. The molecule has 0 amide bonds. The van der Waals surface area contributed by atoms with Gasteiger partial charge in [0.25, 0.3) is 0 Å². The summed E-state index contributed by atoms with van der Waals surface area (Å²) in [5, 5.41) is 1.96. The van der Waals surface area contributed by atoms with E-state index in [1.165, 1.54) is 0 Å². The summed E-state index contributed by atoms with van der Waals surface area (Å²) in [6.45, 7) is 7.24. The maximum absolute atomic E-state index is 11.7. The summed E-state index contributed by atoms with van der Waals surface area (Å²) >= 11 is 0. The second kappa shape index (κ2) is 6.18. The molecule has 4 heteroatoms. The molecule has 0 fully saturated rings. The monoisotopic (exact) mass is 300 g/mol. The quantitative estimate of drug-likeness (QED) is 0.638. The Kier molecular flexibility index (Phi) is 4.50. The summed E-state index contributed by atoms with van der Waals surface area (Å²) in [7, 11) is 0. The van der Waals surface area contributed by atoms with Crippen molar-refractivity contribution in [3.8, 4) is 5.75 Å². The van der Waals surface area contributed by atoms with Crippen LogP contribution in [0.4, 0.5) is 0 Å². The fourth-order valence-electron chi connectivity index (χ4n) is 2.22. The van der Waals surface area contributed by atoms with Crippen LogP contribution < -0.4 is 4.74 Å². The van der Waals surface area contributed by atoms with Crippen LogP contribution in [-0.2, 0) is 9.53 Å². The van der Waals surface area contributed by atoms with Crippen molar-refractivity contribution < 1.29 is 19.1 Å². The summed E-state index contributed by atoms with van der Waals surface area (Å²) in [4.78, 5) is 22.5. The van der Waals surface area contributed by atoms with E-state index in [1.54, 1.807) is 12.1 Å². The summed E-state index contributed by atoms with van der Waals surface area (Å²) in [6.07, 6.45) is 0.821. The average molecular weight is 300 g/mol. The van der Waals surface area contributed by atoms with Gasteiger partial charge in [-0.15, -0.1) is 0 Å². The van der Waals surface area contributed by atoms with Gasteiger partial charge in [-0.3, -0.25) is 4.79 Å². The van der Waals surface area contributed by atoms with Crippen LogP contribution in [0.25, 0.3) is 10.8 Å². The Labute approximate surface area is 130 Å². The normalized spacial score (nSPS) is 11.3. The topological polar surface area (TPSA) is 52.6 Å². The Hall–Kier alpha value is -2.36. The van der Waals surface area contributed by atoms with Crippen molar-refractivity contribution in [1.29, 1.82) is 0 Å². The van der Waals surface area contributed by atoms with Gasteiger partial charge < -0.3 is 9.47 Å². The van der Waals surface area contributed by atoms with Gasteiger partial charge >= 0.3 is 5.97 Å². The number of aryl methyl sites for hydroxylation is 1. The van der Waals surface area contributed by atoms with E-state index in [0.717, 1.165) is 22.6 Å². The number of esters is 1. The Balaban J connectivity index is 2.17. The van der Waals surface area contributed by atoms with Gasteiger partial charge in [0.1, 0.15) is 17.6 Å². The SMILES string of the molecule is Cc1c(OCC(=O)OC(C)(C)C)ccc2cc(C=O)ccc12. The van der Waals surface area contributed by atoms with E-state index >= 15 is 0 Å². The van der Waals surface area contributed by atoms with Crippen molar-refractivity contribution >= 4 is 23.0 Å². The molecule has 0 unspecified atom stereocenters. The Morgan fingerprint density at radius 3 is 2.55 bits per heavy atom. The molecule has 0 saturated heterocycles. The van der Waals surface area contributed by atoms with Crippen molar-refractivity contribution in [2.24, 2.45) is 0 Å². The minimum absolute atomic E-state index is 0.129. The standard InChI is InChI=1S/C18H20O4/c1-12-15-7-5-13(10-19)9-14(15)6-8-16(12)21-11-17(20)22-18(2,3)4/h5-10H,11H2,1-4H3. The predicted octanol–water partition coefficient (Wildman–Crippen LogP) is 3.68. The fourth-order valence-corrected chi connectivity index (χ4v) is 2.22. The van der Waals surface area contributed by atoms with Gasteiger partial charge in [0.2, 0.25) is 0 Å². The van der Waals surface area contributed by atoms with Gasteiger partial charge in [-0.05, 0) is 56.2 Å². The van der Waals surface area contributed by atoms with E-state index in [2.05, 4.69) is 0 Å². The maximum Gasteiger partial charge on any atom is 0.344 e. The number of ether oxygens (including phenoxy) is 2. The number of hydrogen-bond donors (Lipinski definition) is 0. The number of hydrogen-bond acceptors (Lipinski definition) is 4. The number of carbonyl (C=O) groups excluding carboxylic acids is 2. The third-order valence-electron chi connectivity index (χ3n) is 3.17. The maximum atomic E-state index is 11.7. The number of aldehydes is 1. The first-order chi connectivity index (χ1) is 10.3. The smallest absolute Gasteiger partial charge is 0.344 e. The van der Waals surface area contributed by atoms with Gasteiger partial charge in [-0.25, -0.2) is 4.79 Å². The van der Waals surface area contributed by atoms with Gasteiger partial charge in [-0.2, -0.15) is 0 Å². The van der Waals surface area contributed by atoms with Crippen molar-refractivity contribution in [3.05, 3.63) is 41.5 Å². The molecule has 0 aliphatic heterocycles. The molecule has 116 valence electrons. The van der Waals surface area contributed by atoms with Crippen molar-refractivity contribution in [1.82, 2.24) is 0 Å². The lowest BCUT2D eigenvalue weighted by molar-refractivity contribution is -0.157. The lowest BCUT2D eigenvalue weighted by Crippen LogP contribution is -2.27. The molecular weight excluding hydrogens is 280 g/mol. The lowest BCUT2D eigenvalue weighted by atomic mass is 10.0. The second-order valence-electron chi connectivity index (χ2n) is 6.16. The zero-order valence-electron chi connectivity index (χ0n) is 13.3. The van der Waals surface area contributed by atoms with E-state index in [1.807, 2.05) is 45.9 Å². The van der Waals surface area contributed by atoms with E-state index in [9.17, 15) is 9.59 Å². The van der Waals surface area contributed by atoms with Crippen LogP contribution in [-0.4, -0.2) is 24.5 Å². The van der Waals surface area contributed by atoms with E-state index in [-0.39, 0.29) is 6.61 Å². The minimum Gasteiger partial charge on any atom is -0.482 e. The molecule has 0 aromatic heterocycles. The van der Waals surface area contributed by atoms with Crippen LogP contribution in [0.15, 0.2) is 30.3 Å². The summed E-state index contributed by atoms with van der Waals surface area (Å²) in [6, 6.07) is 9.15. The Morgan fingerprint density at radius 1 is 1.18 bits per heavy atom. The second-order valence-corrected chi connectivity index (χ2v) is 6.16. The molecule has 0 N–H and O–H groups in total. The highest BCUT2D eigenvalue weighted by Gasteiger charge is 2.17. The molecule has 2 aromatic rings. The third kappa shape index (κ3) is 3.85. The summed E-state index contributed by atoms with van der Waals surface area (Å²) in [5.74, 6) is 0.237. The molecule has 2 rings (SSSR count). The third-order valence-corrected chi connectivity index (χ3v) is 3.17. The molecule has 22 heavy (non-hydrogen) atoms. The molecule has 0 aliphatic carbocycles. The molecule has 0 bridgehead atoms. The molecule has 4 nitrogen and oxygen atoms in total. The highest BCUT2D eigenvalue weighted by atomic mass is 16.6. The molecule has 0 atom stereocenters. The van der Waals surface area contributed by atoms with Crippen LogP contribution in [0.2, 0.25) is 0 Å². The van der Waals surface area contributed by atoms with Crippen molar-refractivity contribution in [3.63, 3.8) is 0 Å². The number of fused-ring (bicyclic) bond motifs is 1. The summed E-state index contributed by atoms with van der Waals surface area (Å²) in [5.41, 5.74) is 1.04. The number of rotatable bonds is 4. The molecule has 2 aromatic carbocycles. The number of benzene rings is 2. The lowest BCUT2D eigenvalue weighted by Gasteiger charge is -2.20. The van der Waals surface area contributed by atoms with Crippen LogP contribution >= 0.6 is 0 Å². The Morgan fingerprint density at radius 2 is 1.91 bits per heavy atom. The fraction of sp³-hybridized carbons (Fsp3) is 0.333. The van der Waals surface area contributed by atoms with E-state index < -0.39 is 11.6 Å². The van der Waals surface area contributed by atoms with Crippen LogP contribution in [0.5, 0.6) is 5.75 Å². The first-order valence-corrected chi connectivity index (χ1v) is 7.13. The van der Waals surface area contributed by atoms with E-state index in [4.69, 9.17) is 9.47 Å². The van der Waals surface area contributed by atoms with Crippen molar-refractivity contribution in [2.45, 2.75) is 33.3 Å². The number of carbonyl (C=O) groups is 2. The highest BCUT2D eigenvalue weighted by Crippen LogP contribution is 2.27. The molecule has 0 radical (unpaired) electrons. The predicted molar refractivity (Wildman–Crippen MR) is 85.4 cm³/mol. The molecular formula is C18H20O4. The van der Waals surface area contributed by atoms with Gasteiger partial charge in [-0.1, -0.05) is 18.2 Å². The summed E-state index contributed by atoms with van der Waals surface area (Å²) < 4.78 is 10.8. The average Bonchev–Trinajstić information content (AvgIpc) is 2.44. The first-order valence-electron chi connectivity index (χ1n) is 7.13. The van der Waals surface area contributed by atoms with Crippen LogP contribution in [0.3, 0.4) is 0 Å². The minimum atomic E-state index is -0.524. The van der Waals surface area contributed by atoms with Crippen LogP contribution in [0, 0.1) is 6.92 Å². The van der Waals surface area contributed by atoms with Gasteiger partial charge in [0.15, 0.2) is 6.61 Å². The van der Waals surface area contributed by atoms with Crippen LogP contribution in [0.1, 0.15) is 36.7 Å². The highest BCUT2D eigenvalue weighted by molar-refractivity contribution is 5.92. The molecule has 0 spiro atoms. The van der Waals surface area contributed by atoms with Gasteiger partial charge in [0.05, 0.1) is 0 Å². The zero-order chi connectivity index (χ0) is 16.3. The first kappa shape index (κ1) is 16.0.